The average molecular weight is 453 g/mol. The van der Waals surface area contributed by atoms with Crippen LogP contribution in [0.2, 0.25) is 5.02 Å². The highest BCUT2D eigenvalue weighted by Gasteiger charge is 2.62. The number of carbonyl (C=O) groups excluding carboxylic acids is 3. The van der Waals surface area contributed by atoms with Gasteiger partial charge in [-0.15, -0.1) is 0 Å². The molecule has 3 amide bonds. The number of ether oxygens (including phenoxy) is 1. The van der Waals surface area contributed by atoms with Crippen LogP contribution < -0.4 is 10.1 Å². The maximum absolute atomic E-state index is 13.5. The minimum absolute atomic E-state index is 0.193. The fourth-order valence-corrected chi connectivity index (χ4v) is 6.04. The Balaban J connectivity index is 1.47. The highest BCUT2D eigenvalue weighted by molar-refractivity contribution is 6.31. The molecule has 2 saturated carbocycles. The van der Waals surface area contributed by atoms with Crippen molar-refractivity contribution in [3.8, 4) is 5.75 Å². The molecule has 3 fully saturated rings. The normalized spacial score (nSPS) is 26.9. The first-order chi connectivity index (χ1) is 15.5. The summed E-state index contributed by atoms with van der Waals surface area (Å²) in [6, 6.07) is 13.4. The Morgan fingerprint density at radius 1 is 1.09 bits per heavy atom. The number of methoxy groups -OCH3 is 1. The van der Waals surface area contributed by atoms with Crippen molar-refractivity contribution in [2.75, 3.05) is 12.4 Å². The van der Waals surface area contributed by atoms with Crippen LogP contribution in [0.5, 0.6) is 5.75 Å². The van der Waals surface area contributed by atoms with E-state index >= 15 is 0 Å². The Kier molecular flexibility index (Phi) is 5.41. The van der Waals surface area contributed by atoms with Gasteiger partial charge in [0.15, 0.2) is 0 Å². The molecule has 7 heteroatoms. The summed E-state index contributed by atoms with van der Waals surface area (Å²) < 4.78 is 5.34. The van der Waals surface area contributed by atoms with E-state index in [-0.39, 0.29) is 41.9 Å². The van der Waals surface area contributed by atoms with Crippen molar-refractivity contribution in [3.05, 3.63) is 59.1 Å². The Morgan fingerprint density at radius 2 is 1.75 bits per heavy atom. The van der Waals surface area contributed by atoms with Crippen molar-refractivity contribution in [3.63, 3.8) is 0 Å². The lowest BCUT2D eigenvalue weighted by atomic mass is 9.81. The number of anilines is 1. The molecule has 1 N–H and O–H groups in total. The number of amides is 3. The number of likely N-dealkylation sites (tertiary alicyclic amines) is 1. The molecule has 1 saturated heterocycles. The van der Waals surface area contributed by atoms with Crippen molar-refractivity contribution in [1.82, 2.24) is 4.90 Å². The molecule has 166 valence electrons. The lowest BCUT2D eigenvalue weighted by Gasteiger charge is -2.27. The third-order valence-corrected chi connectivity index (χ3v) is 7.50. The maximum atomic E-state index is 13.5. The van der Waals surface area contributed by atoms with Crippen LogP contribution in [-0.2, 0) is 20.8 Å². The second-order valence-electron chi connectivity index (χ2n) is 8.97. The molecule has 1 aliphatic heterocycles. The summed E-state index contributed by atoms with van der Waals surface area (Å²) in [6.07, 6.45) is 3.19. The summed E-state index contributed by atoms with van der Waals surface area (Å²) in [5.74, 6) is -0.373. The van der Waals surface area contributed by atoms with Crippen molar-refractivity contribution in [1.29, 1.82) is 0 Å². The van der Waals surface area contributed by atoms with Crippen LogP contribution in [0.1, 0.15) is 24.8 Å². The summed E-state index contributed by atoms with van der Waals surface area (Å²) in [5.41, 5.74) is 1.29. The molecular formula is C25H25ClN2O4. The van der Waals surface area contributed by atoms with E-state index in [4.69, 9.17) is 16.3 Å². The molecule has 2 aromatic carbocycles. The van der Waals surface area contributed by atoms with Crippen LogP contribution in [0, 0.1) is 23.7 Å². The minimum atomic E-state index is -0.939. The summed E-state index contributed by atoms with van der Waals surface area (Å²) in [5, 5.41) is 3.29. The van der Waals surface area contributed by atoms with E-state index in [0.717, 1.165) is 24.8 Å². The number of halogens is 1. The molecule has 5 rings (SSSR count). The van der Waals surface area contributed by atoms with Crippen LogP contribution in [0.25, 0.3) is 0 Å². The number of imide groups is 1. The predicted octanol–water partition coefficient (Wildman–Crippen LogP) is 3.93. The van der Waals surface area contributed by atoms with Crippen LogP contribution in [-0.4, -0.2) is 35.8 Å². The fourth-order valence-electron chi connectivity index (χ4n) is 5.87. The number of rotatable bonds is 6. The quantitative estimate of drug-likeness (QED) is 0.674. The number of nitrogens with one attached hydrogen (secondary N) is 1. The van der Waals surface area contributed by atoms with Crippen LogP contribution >= 0.6 is 11.6 Å². The van der Waals surface area contributed by atoms with Gasteiger partial charge in [-0.3, -0.25) is 19.3 Å². The van der Waals surface area contributed by atoms with Gasteiger partial charge in [0.05, 0.1) is 24.6 Å². The van der Waals surface area contributed by atoms with E-state index < -0.39 is 11.9 Å². The maximum Gasteiger partial charge on any atom is 0.248 e. The monoisotopic (exact) mass is 452 g/mol. The molecule has 5 atom stereocenters. The van der Waals surface area contributed by atoms with E-state index in [9.17, 15) is 14.4 Å². The Hall–Kier alpha value is -2.86. The van der Waals surface area contributed by atoms with Crippen molar-refractivity contribution in [2.45, 2.75) is 31.7 Å². The molecule has 32 heavy (non-hydrogen) atoms. The number of benzene rings is 2. The molecule has 3 aliphatic rings. The third-order valence-electron chi connectivity index (χ3n) is 7.27. The van der Waals surface area contributed by atoms with E-state index in [0.29, 0.717) is 16.5 Å². The first-order valence-corrected chi connectivity index (χ1v) is 11.4. The lowest BCUT2D eigenvalue weighted by Crippen LogP contribution is -2.49. The first kappa shape index (κ1) is 21.0. The largest absolute Gasteiger partial charge is 0.495 e. The minimum Gasteiger partial charge on any atom is -0.495 e. The van der Waals surface area contributed by atoms with E-state index in [1.807, 2.05) is 30.3 Å². The van der Waals surface area contributed by atoms with E-state index in [2.05, 4.69) is 5.32 Å². The average Bonchev–Trinajstić information content (AvgIpc) is 3.47. The summed E-state index contributed by atoms with van der Waals surface area (Å²) in [7, 11) is 1.50. The molecule has 0 radical (unpaired) electrons. The Bertz CT molecular complexity index is 1040. The molecule has 2 aromatic rings. The second kappa shape index (κ2) is 8.24. The van der Waals surface area contributed by atoms with Gasteiger partial charge in [-0.25, -0.2) is 0 Å². The number of nitrogens with zero attached hydrogens (tertiary/aromatic N) is 1. The second-order valence-corrected chi connectivity index (χ2v) is 9.41. The van der Waals surface area contributed by atoms with Crippen LogP contribution in [0.3, 0.4) is 0 Å². The number of hydrogen-bond acceptors (Lipinski definition) is 4. The van der Waals surface area contributed by atoms with Gasteiger partial charge in [0.2, 0.25) is 17.7 Å². The topological polar surface area (TPSA) is 75.7 Å². The highest BCUT2D eigenvalue weighted by Crippen LogP contribution is 2.56. The predicted molar refractivity (Wildman–Crippen MR) is 120 cm³/mol. The van der Waals surface area contributed by atoms with Gasteiger partial charge in [-0.2, -0.15) is 0 Å². The summed E-state index contributed by atoms with van der Waals surface area (Å²) >= 11 is 6.12. The Morgan fingerprint density at radius 3 is 2.38 bits per heavy atom. The molecule has 0 unspecified atom stereocenters. The summed E-state index contributed by atoms with van der Waals surface area (Å²) in [4.78, 5) is 41.6. The zero-order chi connectivity index (χ0) is 22.4. The van der Waals surface area contributed by atoms with Gasteiger partial charge in [-0.05, 0) is 54.9 Å². The molecule has 2 aliphatic carbocycles. The van der Waals surface area contributed by atoms with Crippen LogP contribution in [0.4, 0.5) is 5.69 Å². The van der Waals surface area contributed by atoms with Gasteiger partial charge in [0.25, 0.3) is 0 Å². The molecule has 0 aromatic heterocycles. The smallest absolute Gasteiger partial charge is 0.248 e. The number of hydrogen-bond donors (Lipinski definition) is 1. The molecule has 0 spiro atoms. The molecular weight excluding hydrogens is 428 g/mol. The first-order valence-electron chi connectivity index (χ1n) is 11.0. The zero-order valence-electron chi connectivity index (χ0n) is 17.8. The third kappa shape index (κ3) is 3.47. The number of carbonyl (C=O) groups is 3. The number of fused-ring (bicyclic) bond motifs is 5. The van der Waals surface area contributed by atoms with Gasteiger partial charge < -0.3 is 10.1 Å². The SMILES string of the molecule is COc1ccc(Cl)cc1NC(=O)[C@H](Cc1ccccc1)N1C(=O)[C@@H]2[C@H]3CC[C@@H](C3)[C@H]2C1=O. The van der Waals surface area contributed by atoms with Crippen molar-refractivity contribution in [2.24, 2.45) is 23.7 Å². The molecule has 6 nitrogen and oxygen atoms in total. The van der Waals surface area contributed by atoms with E-state index in [1.54, 1.807) is 18.2 Å². The standard InChI is InChI=1S/C25H25ClN2O4/c1-32-20-10-9-17(26)13-18(20)27-23(29)19(11-14-5-3-2-4-6-14)28-24(30)21-15-7-8-16(12-15)22(21)25(28)31/h2-6,9-10,13,15-16,19,21-22H,7-8,11-12H2,1H3,(H,27,29)/t15-,16-,19-,21+,22+/m0/s1. The van der Waals surface area contributed by atoms with Gasteiger partial charge in [0, 0.05) is 11.4 Å². The van der Waals surface area contributed by atoms with Crippen LogP contribution in [0.15, 0.2) is 48.5 Å². The van der Waals surface area contributed by atoms with Gasteiger partial charge >= 0.3 is 0 Å². The van der Waals surface area contributed by atoms with Gasteiger partial charge in [-0.1, -0.05) is 41.9 Å². The molecule has 1 heterocycles. The molecule has 2 bridgehead atoms. The van der Waals surface area contributed by atoms with Gasteiger partial charge in [0.1, 0.15) is 11.8 Å². The summed E-state index contributed by atoms with van der Waals surface area (Å²) in [6.45, 7) is 0. The van der Waals surface area contributed by atoms with E-state index in [1.165, 1.54) is 12.0 Å². The zero-order valence-corrected chi connectivity index (χ0v) is 18.5. The Labute approximate surface area is 191 Å². The van der Waals surface area contributed by atoms with Crippen molar-refractivity contribution >= 4 is 35.0 Å². The van der Waals surface area contributed by atoms with Crippen molar-refractivity contribution < 1.29 is 19.1 Å². The lowest BCUT2D eigenvalue weighted by molar-refractivity contribution is -0.147. The fraction of sp³-hybridized carbons (Fsp3) is 0.400. The highest BCUT2D eigenvalue weighted by atomic mass is 35.5.